The molecule has 16 nitrogen and oxygen atoms in total. The van der Waals surface area contributed by atoms with E-state index in [-0.39, 0.29) is 36.7 Å². The Morgan fingerprint density at radius 2 is 1.24 bits per heavy atom. The van der Waals surface area contributed by atoms with Gasteiger partial charge in [-0.15, -0.1) is 0 Å². The van der Waals surface area contributed by atoms with E-state index in [1.807, 2.05) is 20.8 Å². The molecule has 0 rings (SSSR count). The molecule has 0 heterocycles. The minimum atomic E-state index is -1.21. The van der Waals surface area contributed by atoms with E-state index in [9.17, 15) is 33.9 Å². The lowest BCUT2D eigenvalue weighted by atomic mass is 9.95. The molecule has 0 aromatic heterocycles. The van der Waals surface area contributed by atoms with Crippen molar-refractivity contribution in [3.05, 3.63) is 0 Å². The molecule has 0 aromatic carbocycles. The highest BCUT2D eigenvalue weighted by Crippen LogP contribution is 2.12. The van der Waals surface area contributed by atoms with Gasteiger partial charge in [-0.3, -0.25) is 29.0 Å². The lowest BCUT2D eigenvalue weighted by Gasteiger charge is -2.27. The Kier molecular flexibility index (Phi) is 19.1. The zero-order valence-electron chi connectivity index (χ0n) is 27.6. The standard InChI is InChI=1S/C29H55N9O7/c1-8-15(4)21(30)26(42)37-22(16(5)9-2)27(43)35-18(7)24(40)34-14-20(39)36-19(12-11-13-33-29(31)32)25(41)38-23(28(44)45)17(6)10-3/h15-19,21-23H,8-14,30H2,1-7H3,(H,34,40)(H,35,43)(H,36,39)(H,37,42)(H,38,41)(H,44,45)(H4,31,32,33)/t15-,16-,17-,18-,19-,21-,22-,23-/m0/s1. The summed E-state index contributed by atoms with van der Waals surface area (Å²) in [5, 5.41) is 22.2. The molecule has 0 aliphatic heterocycles. The highest BCUT2D eigenvalue weighted by molar-refractivity contribution is 5.95. The van der Waals surface area contributed by atoms with Crippen molar-refractivity contribution in [2.45, 2.75) is 111 Å². The highest BCUT2D eigenvalue weighted by atomic mass is 16.4. The number of carbonyl (C=O) groups is 6. The van der Waals surface area contributed by atoms with E-state index in [4.69, 9.17) is 17.2 Å². The number of aliphatic imine (C=N–C) groups is 1. The summed E-state index contributed by atoms with van der Waals surface area (Å²) in [6.07, 6.45) is 2.14. The van der Waals surface area contributed by atoms with Gasteiger partial charge in [0.2, 0.25) is 29.5 Å². The van der Waals surface area contributed by atoms with Crippen LogP contribution in [0.5, 0.6) is 0 Å². The van der Waals surface area contributed by atoms with Crippen molar-refractivity contribution in [2.24, 2.45) is 39.9 Å². The van der Waals surface area contributed by atoms with Crippen LogP contribution in [-0.4, -0.2) is 89.9 Å². The van der Waals surface area contributed by atoms with Crippen LogP contribution in [0.2, 0.25) is 0 Å². The van der Waals surface area contributed by atoms with Crippen LogP contribution < -0.4 is 43.8 Å². The van der Waals surface area contributed by atoms with Crippen LogP contribution in [-0.2, 0) is 28.8 Å². The molecular formula is C29H55N9O7. The lowest BCUT2D eigenvalue weighted by Crippen LogP contribution is -2.58. The number of nitrogens with zero attached hydrogens (tertiary/aromatic N) is 1. The topological polar surface area (TPSA) is 273 Å². The third kappa shape index (κ3) is 15.1. The summed E-state index contributed by atoms with van der Waals surface area (Å²) in [7, 11) is 0. The smallest absolute Gasteiger partial charge is 0.326 e. The van der Waals surface area contributed by atoms with Crippen LogP contribution in [0.3, 0.4) is 0 Å². The minimum Gasteiger partial charge on any atom is -0.480 e. The molecule has 0 bridgehead atoms. The largest absolute Gasteiger partial charge is 0.480 e. The summed E-state index contributed by atoms with van der Waals surface area (Å²) >= 11 is 0. The zero-order chi connectivity index (χ0) is 34.9. The molecule has 12 N–H and O–H groups in total. The van der Waals surface area contributed by atoms with E-state index in [2.05, 4.69) is 31.6 Å². The Bertz CT molecular complexity index is 1040. The molecule has 5 amide bonds. The number of nitrogens with two attached hydrogens (primary N) is 3. The van der Waals surface area contributed by atoms with Gasteiger partial charge in [0.15, 0.2) is 5.96 Å². The van der Waals surface area contributed by atoms with Crippen molar-refractivity contribution >= 4 is 41.5 Å². The number of hydrogen-bond donors (Lipinski definition) is 9. The van der Waals surface area contributed by atoms with Crippen molar-refractivity contribution in [1.82, 2.24) is 26.6 Å². The Morgan fingerprint density at radius 1 is 0.711 bits per heavy atom. The highest BCUT2D eigenvalue weighted by Gasteiger charge is 2.32. The second-order valence-electron chi connectivity index (χ2n) is 11.5. The van der Waals surface area contributed by atoms with E-state index in [1.165, 1.54) is 6.92 Å². The molecule has 0 aliphatic carbocycles. The normalized spacial score (nSPS) is 16.3. The maximum absolute atomic E-state index is 13.1. The van der Waals surface area contributed by atoms with E-state index in [0.717, 1.165) is 0 Å². The van der Waals surface area contributed by atoms with Gasteiger partial charge < -0.3 is 48.9 Å². The molecule has 0 spiro atoms. The van der Waals surface area contributed by atoms with Gasteiger partial charge in [0, 0.05) is 6.54 Å². The van der Waals surface area contributed by atoms with Gasteiger partial charge in [0.05, 0.1) is 12.6 Å². The van der Waals surface area contributed by atoms with Crippen LogP contribution in [0.1, 0.15) is 80.6 Å². The Morgan fingerprint density at radius 3 is 1.76 bits per heavy atom. The van der Waals surface area contributed by atoms with Crippen LogP contribution >= 0.6 is 0 Å². The molecule has 0 unspecified atom stereocenters. The Hall–Kier alpha value is -3.95. The zero-order valence-corrected chi connectivity index (χ0v) is 27.6. The van der Waals surface area contributed by atoms with E-state index in [1.54, 1.807) is 20.8 Å². The van der Waals surface area contributed by atoms with E-state index in [0.29, 0.717) is 25.7 Å². The summed E-state index contributed by atoms with van der Waals surface area (Å²) < 4.78 is 0. The van der Waals surface area contributed by atoms with Gasteiger partial charge in [-0.05, 0) is 37.5 Å². The van der Waals surface area contributed by atoms with Gasteiger partial charge in [0.25, 0.3) is 0 Å². The fraction of sp³-hybridized carbons (Fsp3) is 0.759. The molecular weight excluding hydrogens is 586 g/mol. The van der Waals surface area contributed by atoms with Gasteiger partial charge >= 0.3 is 5.97 Å². The van der Waals surface area contributed by atoms with Crippen molar-refractivity contribution in [1.29, 1.82) is 0 Å². The summed E-state index contributed by atoms with van der Waals surface area (Å²) in [5.41, 5.74) is 16.7. The van der Waals surface area contributed by atoms with Gasteiger partial charge in [-0.25, -0.2) is 4.79 Å². The SMILES string of the molecule is CC[C@H](C)[C@H](N)C(=O)N[C@H](C(=O)N[C@@H](C)C(=O)NCC(=O)N[C@@H](CCCN=C(N)N)C(=O)N[C@H](C(=O)O)[C@@H](C)CC)[C@@H](C)CC. The molecule has 16 heteroatoms. The first kappa shape index (κ1) is 41.0. The average Bonchev–Trinajstić information content (AvgIpc) is 3.00. The fourth-order valence-corrected chi connectivity index (χ4v) is 4.11. The predicted octanol–water partition coefficient (Wildman–Crippen LogP) is -1.33. The maximum atomic E-state index is 13.1. The van der Waals surface area contributed by atoms with Crippen LogP contribution in [0.4, 0.5) is 0 Å². The van der Waals surface area contributed by atoms with Crippen molar-refractivity contribution in [3.8, 4) is 0 Å². The van der Waals surface area contributed by atoms with E-state index < -0.39 is 72.3 Å². The number of carboxylic acids is 1. The molecule has 0 aliphatic rings. The molecule has 8 atom stereocenters. The van der Waals surface area contributed by atoms with Crippen molar-refractivity contribution in [2.75, 3.05) is 13.1 Å². The first-order chi connectivity index (χ1) is 21.0. The Balaban J connectivity index is 5.38. The molecule has 0 radical (unpaired) electrons. The summed E-state index contributed by atoms with van der Waals surface area (Å²) in [6, 6.07) is -5.09. The summed E-state index contributed by atoms with van der Waals surface area (Å²) in [4.78, 5) is 79.7. The molecule has 45 heavy (non-hydrogen) atoms. The van der Waals surface area contributed by atoms with Crippen molar-refractivity contribution in [3.63, 3.8) is 0 Å². The number of nitrogens with one attached hydrogen (secondary N) is 5. The third-order valence-corrected chi connectivity index (χ3v) is 7.90. The first-order valence-corrected chi connectivity index (χ1v) is 15.5. The number of carbonyl (C=O) groups excluding carboxylic acids is 5. The second-order valence-corrected chi connectivity index (χ2v) is 11.5. The number of amides is 5. The van der Waals surface area contributed by atoms with Gasteiger partial charge in [-0.2, -0.15) is 0 Å². The van der Waals surface area contributed by atoms with Crippen LogP contribution in [0.15, 0.2) is 4.99 Å². The third-order valence-electron chi connectivity index (χ3n) is 7.90. The molecule has 0 fully saturated rings. The monoisotopic (exact) mass is 641 g/mol. The van der Waals surface area contributed by atoms with Crippen LogP contribution in [0, 0.1) is 17.8 Å². The number of rotatable bonds is 21. The number of hydrogen-bond acceptors (Lipinski definition) is 8. The molecule has 0 saturated carbocycles. The van der Waals surface area contributed by atoms with Crippen LogP contribution in [0.25, 0.3) is 0 Å². The Labute approximate surface area is 265 Å². The quantitative estimate of drug-likeness (QED) is 0.0404. The number of aliphatic carboxylic acids is 1. The molecule has 258 valence electrons. The van der Waals surface area contributed by atoms with Gasteiger partial charge in [-0.1, -0.05) is 60.8 Å². The second kappa shape index (κ2) is 20.9. The van der Waals surface area contributed by atoms with Gasteiger partial charge in [0.1, 0.15) is 24.2 Å². The molecule has 0 saturated heterocycles. The molecule has 0 aromatic rings. The van der Waals surface area contributed by atoms with Crippen molar-refractivity contribution < 1.29 is 33.9 Å². The number of carboxylic acid groups (broad SMARTS) is 1. The fourth-order valence-electron chi connectivity index (χ4n) is 4.11. The van der Waals surface area contributed by atoms with E-state index >= 15 is 0 Å². The predicted molar refractivity (Wildman–Crippen MR) is 170 cm³/mol. The first-order valence-electron chi connectivity index (χ1n) is 15.5. The summed E-state index contributed by atoms with van der Waals surface area (Å²) in [5.74, 6) is -5.21. The average molecular weight is 642 g/mol. The summed E-state index contributed by atoms with van der Waals surface area (Å²) in [6.45, 7) is 11.9. The minimum absolute atomic E-state index is 0.0883. The number of guanidine groups is 1. The lowest BCUT2D eigenvalue weighted by molar-refractivity contribution is -0.143. The maximum Gasteiger partial charge on any atom is 0.326 e.